The third kappa shape index (κ3) is 9.42. The van der Waals surface area contributed by atoms with E-state index in [9.17, 15) is 24.9 Å². The van der Waals surface area contributed by atoms with Crippen molar-refractivity contribution >= 4 is 57.7 Å². The summed E-state index contributed by atoms with van der Waals surface area (Å²) in [6.07, 6.45) is 4.72. The monoisotopic (exact) mass is 718 g/mol. The number of anilines is 1. The third-order valence-electron chi connectivity index (χ3n) is 7.16. The van der Waals surface area contributed by atoms with Crippen molar-refractivity contribution < 1.29 is 23.9 Å². The minimum absolute atomic E-state index is 0.0555. The Kier molecular flexibility index (Phi) is 12.5. The first-order valence-corrected chi connectivity index (χ1v) is 17.7. The fourth-order valence-corrected chi connectivity index (χ4v) is 6.58. The van der Waals surface area contributed by atoms with E-state index in [1.54, 1.807) is 69.7 Å². The van der Waals surface area contributed by atoms with Crippen LogP contribution in [-0.4, -0.2) is 58.3 Å². The van der Waals surface area contributed by atoms with Crippen molar-refractivity contribution in [1.82, 2.24) is 14.9 Å². The maximum Gasteiger partial charge on any atom is 0.415 e. The van der Waals surface area contributed by atoms with Crippen LogP contribution in [0.1, 0.15) is 59.2 Å². The van der Waals surface area contributed by atoms with Crippen molar-refractivity contribution in [2.75, 3.05) is 24.0 Å². The number of methoxy groups -OCH3 is 1. The minimum atomic E-state index is -0.933. The summed E-state index contributed by atoms with van der Waals surface area (Å²) in [7, 11) is 1.25. The second kappa shape index (κ2) is 16.5. The van der Waals surface area contributed by atoms with Crippen LogP contribution in [0.5, 0.6) is 0 Å². The first-order chi connectivity index (χ1) is 23.4. The number of aromatic nitrogens is 2. The molecule has 1 atom stereocenters. The zero-order valence-corrected chi connectivity index (χ0v) is 30.0. The van der Waals surface area contributed by atoms with Crippen LogP contribution in [0.3, 0.4) is 0 Å². The number of carbonyl (C=O) groups excluding carboxylic acids is 3. The zero-order chi connectivity index (χ0) is 35.7. The lowest BCUT2D eigenvalue weighted by molar-refractivity contribution is -0.142. The molecule has 0 aliphatic heterocycles. The number of rotatable bonds is 12. The number of amides is 2. The summed E-state index contributed by atoms with van der Waals surface area (Å²) in [5.41, 5.74) is 2.04. The van der Waals surface area contributed by atoms with E-state index in [0.717, 1.165) is 16.9 Å². The van der Waals surface area contributed by atoms with Gasteiger partial charge in [-0.1, -0.05) is 35.9 Å². The summed E-state index contributed by atoms with van der Waals surface area (Å²) in [6.45, 7) is 5.54. The number of imidazole rings is 1. The van der Waals surface area contributed by atoms with E-state index in [1.165, 1.54) is 23.8 Å². The van der Waals surface area contributed by atoms with Gasteiger partial charge >= 0.3 is 12.1 Å². The van der Waals surface area contributed by atoms with Gasteiger partial charge < -0.3 is 19.4 Å². The molecule has 254 valence electrons. The molecule has 0 radical (unpaired) electrons. The third-order valence-corrected chi connectivity index (χ3v) is 9.26. The van der Waals surface area contributed by atoms with Crippen LogP contribution in [0.4, 0.5) is 9.80 Å². The van der Waals surface area contributed by atoms with E-state index in [1.807, 2.05) is 23.0 Å². The topological polar surface area (TPSA) is 150 Å². The molecule has 2 aromatic heterocycles. The molecular formula is C35H35ClN6O5S2. The molecule has 0 aliphatic carbocycles. The first-order valence-electron chi connectivity index (χ1n) is 15.1. The molecule has 11 nitrogen and oxygen atoms in total. The number of ether oxygens (including phenoxy) is 2. The highest BCUT2D eigenvalue weighted by atomic mass is 35.5. The van der Waals surface area contributed by atoms with Gasteiger partial charge in [-0.2, -0.15) is 22.3 Å². The van der Waals surface area contributed by atoms with Gasteiger partial charge in [-0.05, 0) is 74.6 Å². The van der Waals surface area contributed by atoms with Gasteiger partial charge in [0.25, 0.3) is 5.91 Å². The fourth-order valence-electron chi connectivity index (χ4n) is 4.82. The summed E-state index contributed by atoms with van der Waals surface area (Å²) in [6, 6.07) is 17.2. The summed E-state index contributed by atoms with van der Waals surface area (Å²) in [5.74, 6) is -0.617. The van der Waals surface area contributed by atoms with E-state index in [0.29, 0.717) is 40.6 Å². The Morgan fingerprint density at radius 1 is 1.10 bits per heavy atom. The lowest BCUT2D eigenvalue weighted by Crippen LogP contribution is -2.41. The number of carbonyl (C=O) groups is 3. The Labute approximate surface area is 298 Å². The number of halogens is 1. The van der Waals surface area contributed by atoms with Crippen molar-refractivity contribution in [2.45, 2.75) is 51.9 Å². The van der Waals surface area contributed by atoms with Crippen molar-refractivity contribution in [1.29, 1.82) is 10.5 Å². The quantitative estimate of drug-likeness (QED) is 0.152. The van der Waals surface area contributed by atoms with E-state index >= 15 is 0 Å². The van der Waals surface area contributed by atoms with Gasteiger partial charge in [-0.15, -0.1) is 11.3 Å². The number of hydrogen-bond acceptors (Lipinski definition) is 10. The molecule has 49 heavy (non-hydrogen) atoms. The first kappa shape index (κ1) is 37.0. The number of thiophene rings is 1. The SMILES string of the molecule is COC(=O)[C@H](CCSC)NC(=O)c1sc(N(Cc2cncn2Cc2ccc(C#N)cc2)C(=O)OC(C)(C)C)c(C#N)c1-c1ccc(Cl)cc1. The number of hydrogen-bond donors (Lipinski definition) is 1. The molecule has 14 heteroatoms. The second-order valence-electron chi connectivity index (χ2n) is 11.8. The van der Waals surface area contributed by atoms with Crippen LogP contribution in [0.25, 0.3) is 11.1 Å². The number of benzene rings is 2. The summed E-state index contributed by atoms with van der Waals surface area (Å²) in [5, 5.41) is 23.2. The molecule has 2 aromatic carbocycles. The number of esters is 1. The smallest absolute Gasteiger partial charge is 0.415 e. The van der Waals surface area contributed by atoms with Crippen LogP contribution in [-0.2, 0) is 27.4 Å². The maximum atomic E-state index is 14.0. The van der Waals surface area contributed by atoms with Crippen LogP contribution in [0.15, 0.2) is 61.1 Å². The number of nitriles is 2. The Bertz CT molecular complexity index is 1890. The molecule has 1 N–H and O–H groups in total. The lowest BCUT2D eigenvalue weighted by atomic mass is 10.0. The molecular weight excluding hydrogens is 684 g/mol. The molecule has 4 aromatic rings. The lowest BCUT2D eigenvalue weighted by Gasteiger charge is -2.27. The second-order valence-corrected chi connectivity index (χ2v) is 14.2. The molecule has 2 heterocycles. The van der Waals surface area contributed by atoms with Gasteiger partial charge in [-0.25, -0.2) is 14.6 Å². The van der Waals surface area contributed by atoms with Crippen LogP contribution >= 0.6 is 34.7 Å². The highest BCUT2D eigenvalue weighted by molar-refractivity contribution is 7.98. The number of nitrogens with zero attached hydrogens (tertiary/aromatic N) is 5. The fraction of sp³-hybridized carbons (Fsp3) is 0.314. The summed E-state index contributed by atoms with van der Waals surface area (Å²) in [4.78, 5) is 46.3. The van der Waals surface area contributed by atoms with Crippen molar-refractivity contribution in [3.8, 4) is 23.3 Å². The van der Waals surface area contributed by atoms with Gasteiger partial charge in [-0.3, -0.25) is 9.69 Å². The van der Waals surface area contributed by atoms with E-state index < -0.39 is 29.6 Å². The highest BCUT2D eigenvalue weighted by Crippen LogP contribution is 2.43. The standard InChI is InChI=1S/C35H35ClN6O5S2/c1-35(2,3)47-34(45)42(20-26-18-39-21-41(26)19-23-8-6-22(16-37)7-9-23)32-27(17-38)29(24-10-12-25(36)13-11-24)30(49-32)31(43)40-28(14-15-48-5)33(44)46-4/h6-13,18,21,28H,14-15,19-20H2,1-5H3,(H,40,43)/t28-/m0/s1. The van der Waals surface area contributed by atoms with Crippen LogP contribution in [0.2, 0.25) is 5.02 Å². The van der Waals surface area contributed by atoms with E-state index in [2.05, 4.69) is 22.4 Å². The van der Waals surface area contributed by atoms with Crippen LogP contribution < -0.4 is 10.2 Å². The van der Waals surface area contributed by atoms with Gasteiger partial charge in [0.1, 0.15) is 27.6 Å². The maximum absolute atomic E-state index is 14.0. The molecule has 4 rings (SSSR count). The van der Waals surface area contributed by atoms with Gasteiger partial charge in [0.2, 0.25) is 0 Å². The largest absolute Gasteiger partial charge is 0.467 e. The molecule has 0 saturated heterocycles. The van der Waals surface area contributed by atoms with Gasteiger partial charge in [0.15, 0.2) is 0 Å². The Balaban J connectivity index is 1.85. The van der Waals surface area contributed by atoms with Gasteiger partial charge in [0, 0.05) is 23.3 Å². The van der Waals surface area contributed by atoms with Crippen molar-refractivity contribution in [3.63, 3.8) is 0 Å². The molecule has 0 unspecified atom stereocenters. The summed E-state index contributed by atoms with van der Waals surface area (Å²) >= 11 is 8.64. The molecule has 2 amide bonds. The number of nitrogens with one attached hydrogen (secondary N) is 1. The predicted molar refractivity (Wildman–Crippen MR) is 191 cm³/mol. The summed E-state index contributed by atoms with van der Waals surface area (Å²) < 4.78 is 12.6. The molecule has 0 aliphatic rings. The Morgan fingerprint density at radius 2 is 1.80 bits per heavy atom. The molecule has 0 fully saturated rings. The predicted octanol–water partition coefficient (Wildman–Crippen LogP) is 7.02. The van der Waals surface area contributed by atoms with Crippen molar-refractivity contribution in [3.05, 3.63) is 93.3 Å². The minimum Gasteiger partial charge on any atom is -0.467 e. The Hall–Kier alpha value is -4.82. The zero-order valence-electron chi connectivity index (χ0n) is 27.7. The molecule has 0 spiro atoms. The Morgan fingerprint density at radius 3 is 2.39 bits per heavy atom. The number of thioether (sulfide) groups is 1. The normalized spacial score (nSPS) is 11.6. The highest BCUT2D eigenvalue weighted by Gasteiger charge is 2.34. The molecule has 0 bridgehead atoms. The average Bonchev–Trinajstić information content (AvgIpc) is 3.68. The van der Waals surface area contributed by atoms with E-state index in [-0.39, 0.29) is 27.5 Å². The average molecular weight is 719 g/mol. The molecule has 0 saturated carbocycles. The van der Waals surface area contributed by atoms with Gasteiger partial charge in [0.05, 0.1) is 42.9 Å². The van der Waals surface area contributed by atoms with Crippen LogP contribution in [0, 0.1) is 22.7 Å². The van der Waals surface area contributed by atoms with E-state index in [4.69, 9.17) is 21.1 Å². The van der Waals surface area contributed by atoms with Crippen molar-refractivity contribution in [2.24, 2.45) is 0 Å².